The summed E-state index contributed by atoms with van der Waals surface area (Å²) in [7, 11) is 0. The number of nitrogen functional groups attached to an aromatic ring is 1. The third-order valence-electron chi connectivity index (χ3n) is 1.46. The van der Waals surface area contributed by atoms with Gasteiger partial charge < -0.3 is 16.0 Å². The fourth-order valence-electron chi connectivity index (χ4n) is 0.910. The van der Waals surface area contributed by atoms with Gasteiger partial charge in [0.25, 0.3) is 0 Å². The molecule has 0 aromatic heterocycles. The Morgan fingerprint density at radius 3 is 2.62 bits per heavy atom. The molecule has 0 amide bonds. The number of rotatable bonds is 2. The summed E-state index contributed by atoms with van der Waals surface area (Å²) in [5, 5.41) is 19.7. The number of benzene rings is 1. The van der Waals surface area contributed by atoms with E-state index in [0.29, 0.717) is 5.69 Å². The van der Waals surface area contributed by atoms with Crippen LogP contribution >= 0.6 is 0 Å². The number of nitrogens with zero attached hydrogens (tertiary/aromatic N) is 1. The Morgan fingerprint density at radius 2 is 2.15 bits per heavy atom. The highest BCUT2D eigenvalue weighted by Gasteiger charge is 2.12. The molecule has 0 aliphatic carbocycles. The SMILES string of the molecule is Nc1cccc(C(=NO)C(=O)O)c1. The minimum absolute atomic E-state index is 0.273. The highest BCUT2D eigenvalue weighted by Crippen LogP contribution is 2.07. The van der Waals surface area contributed by atoms with Gasteiger partial charge in [-0.2, -0.15) is 0 Å². The van der Waals surface area contributed by atoms with E-state index >= 15 is 0 Å². The van der Waals surface area contributed by atoms with Crippen LogP contribution in [0.3, 0.4) is 0 Å². The molecule has 4 N–H and O–H groups in total. The number of carboxylic acid groups (broad SMARTS) is 1. The topological polar surface area (TPSA) is 95.9 Å². The third-order valence-corrected chi connectivity index (χ3v) is 1.46. The maximum absolute atomic E-state index is 10.5. The Morgan fingerprint density at radius 1 is 1.46 bits per heavy atom. The summed E-state index contributed by atoms with van der Waals surface area (Å²) in [6, 6.07) is 6.11. The van der Waals surface area contributed by atoms with Crippen molar-refractivity contribution >= 4 is 17.4 Å². The molecule has 68 valence electrons. The minimum Gasteiger partial charge on any atom is -0.476 e. The van der Waals surface area contributed by atoms with Crippen molar-refractivity contribution in [2.75, 3.05) is 5.73 Å². The number of hydrogen-bond donors (Lipinski definition) is 3. The second kappa shape index (κ2) is 3.57. The maximum Gasteiger partial charge on any atom is 0.358 e. The molecule has 0 aliphatic heterocycles. The lowest BCUT2D eigenvalue weighted by atomic mass is 10.1. The van der Waals surface area contributed by atoms with Crippen LogP contribution in [0.5, 0.6) is 0 Å². The van der Waals surface area contributed by atoms with Gasteiger partial charge in [0.15, 0.2) is 5.71 Å². The first-order chi connectivity index (χ1) is 6.15. The highest BCUT2D eigenvalue weighted by atomic mass is 16.4. The summed E-state index contributed by atoms with van der Waals surface area (Å²) < 4.78 is 0. The third kappa shape index (κ3) is 1.96. The molecule has 0 saturated carbocycles. The second-order valence-electron chi connectivity index (χ2n) is 2.38. The molecule has 5 heteroatoms. The maximum atomic E-state index is 10.5. The van der Waals surface area contributed by atoms with Crippen LogP contribution in [-0.4, -0.2) is 22.0 Å². The molecule has 1 aromatic carbocycles. The smallest absolute Gasteiger partial charge is 0.358 e. The van der Waals surface area contributed by atoms with Crippen molar-refractivity contribution < 1.29 is 15.1 Å². The zero-order valence-corrected chi connectivity index (χ0v) is 6.64. The molecule has 0 aliphatic rings. The van der Waals surface area contributed by atoms with E-state index in [4.69, 9.17) is 16.0 Å². The van der Waals surface area contributed by atoms with Gasteiger partial charge in [0, 0.05) is 11.3 Å². The fourth-order valence-corrected chi connectivity index (χ4v) is 0.910. The van der Waals surface area contributed by atoms with Crippen LogP contribution in [0.2, 0.25) is 0 Å². The lowest BCUT2D eigenvalue weighted by molar-refractivity contribution is -0.129. The zero-order valence-electron chi connectivity index (χ0n) is 6.64. The van der Waals surface area contributed by atoms with Crippen LogP contribution in [0.4, 0.5) is 5.69 Å². The molecule has 1 aromatic rings. The van der Waals surface area contributed by atoms with E-state index in [9.17, 15) is 4.79 Å². The molecule has 0 heterocycles. The Bertz CT molecular complexity index is 360. The van der Waals surface area contributed by atoms with Gasteiger partial charge in [-0.15, -0.1) is 0 Å². The molecule has 0 radical (unpaired) electrons. The molecule has 0 bridgehead atoms. The van der Waals surface area contributed by atoms with Gasteiger partial charge in [0.1, 0.15) is 0 Å². The normalized spacial score (nSPS) is 11.2. The predicted octanol–water partition coefficient (Wildman–Crippen LogP) is 0.532. The van der Waals surface area contributed by atoms with Gasteiger partial charge in [-0.1, -0.05) is 17.3 Å². The number of aliphatic carboxylic acids is 1. The number of carbonyl (C=O) groups is 1. The standard InChI is InChI=1S/C8H8N2O3/c9-6-3-1-2-5(4-6)7(10-13)8(11)12/h1-4,13H,9H2,(H,11,12). The molecule has 0 unspecified atom stereocenters. The van der Waals surface area contributed by atoms with E-state index in [1.165, 1.54) is 12.1 Å². The Labute approximate surface area is 74.1 Å². The number of anilines is 1. The second-order valence-corrected chi connectivity index (χ2v) is 2.38. The summed E-state index contributed by atoms with van der Waals surface area (Å²) in [6.45, 7) is 0. The zero-order chi connectivity index (χ0) is 9.84. The van der Waals surface area contributed by atoms with Crippen LogP contribution in [-0.2, 0) is 4.79 Å². The van der Waals surface area contributed by atoms with Gasteiger partial charge in [0.2, 0.25) is 0 Å². The van der Waals surface area contributed by atoms with Crippen molar-refractivity contribution in [2.24, 2.45) is 5.16 Å². The fraction of sp³-hybridized carbons (Fsp3) is 0. The predicted molar refractivity (Wildman–Crippen MR) is 46.8 cm³/mol. The first-order valence-electron chi connectivity index (χ1n) is 3.46. The molecular weight excluding hydrogens is 172 g/mol. The number of nitrogens with two attached hydrogens (primary N) is 1. The molecule has 13 heavy (non-hydrogen) atoms. The monoisotopic (exact) mass is 180 g/mol. The van der Waals surface area contributed by atoms with Crippen molar-refractivity contribution in [3.63, 3.8) is 0 Å². The van der Waals surface area contributed by atoms with Crippen molar-refractivity contribution in [2.45, 2.75) is 0 Å². The number of oxime groups is 1. The Hall–Kier alpha value is -2.04. The molecule has 1 rings (SSSR count). The first kappa shape index (κ1) is 9.05. The Kier molecular flexibility index (Phi) is 2.49. The molecule has 0 saturated heterocycles. The van der Waals surface area contributed by atoms with Crippen LogP contribution in [0.25, 0.3) is 0 Å². The van der Waals surface area contributed by atoms with Gasteiger partial charge in [-0.25, -0.2) is 4.79 Å². The summed E-state index contributed by atoms with van der Waals surface area (Å²) in [5.41, 5.74) is 5.69. The summed E-state index contributed by atoms with van der Waals surface area (Å²) in [5.74, 6) is -1.30. The van der Waals surface area contributed by atoms with Crippen LogP contribution in [0, 0.1) is 0 Å². The van der Waals surface area contributed by atoms with E-state index in [2.05, 4.69) is 5.16 Å². The summed E-state index contributed by atoms with van der Waals surface area (Å²) in [6.07, 6.45) is 0. The number of hydrogen-bond acceptors (Lipinski definition) is 4. The van der Waals surface area contributed by atoms with Gasteiger partial charge in [0.05, 0.1) is 0 Å². The average molecular weight is 180 g/mol. The van der Waals surface area contributed by atoms with E-state index in [-0.39, 0.29) is 5.56 Å². The first-order valence-corrected chi connectivity index (χ1v) is 3.46. The van der Waals surface area contributed by atoms with E-state index in [1.54, 1.807) is 12.1 Å². The number of carboxylic acids is 1. The molecule has 0 spiro atoms. The highest BCUT2D eigenvalue weighted by molar-refractivity contribution is 6.42. The summed E-state index contributed by atoms with van der Waals surface area (Å²) in [4.78, 5) is 10.5. The van der Waals surface area contributed by atoms with Crippen LogP contribution in [0.1, 0.15) is 5.56 Å². The average Bonchev–Trinajstić information content (AvgIpc) is 2.04. The van der Waals surface area contributed by atoms with E-state index < -0.39 is 11.7 Å². The van der Waals surface area contributed by atoms with Crippen LogP contribution < -0.4 is 5.73 Å². The van der Waals surface area contributed by atoms with E-state index in [1.807, 2.05) is 0 Å². The lowest BCUT2D eigenvalue weighted by Gasteiger charge is -1.99. The molecular formula is C8H8N2O3. The summed E-state index contributed by atoms with van der Waals surface area (Å²) >= 11 is 0. The lowest BCUT2D eigenvalue weighted by Crippen LogP contribution is -2.14. The van der Waals surface area contributed by atoms with Gasteiger partial charge in [-0.05, 0) is 12.1 Å². The Balaban J connectivity index is 3.14. The van der Waals surface area contributed by atoms with Gasteiger partial charge >= 0.3 is 5.97 Å². The van der Waals surface area contributed by atoms with E-state index in [0.717, 1.165) is 0 Å². The molecule has 0 atom stereocenters. The van der Waals surface area contributed by atoms with Gasteiger partial charge in [-0.3, -0.25) is 0 Å². The minimum atomic E-state index is -1.30. The largest absolute Gasteiger partial charge is 0.476 e. The molecule has 5 nitrogen and oxygen atoms in total. The van der Waals surface area contributed by atoms with Crippen LogP contribution in [0.15, 0.2) is 29.4 Å². The van der Waals surface area contributed by atoms with Crippen molar-refractivity contribution in [1.82, 2.24) is 0 Å². The quantitative estimate of drug-likeness (QED) is 0.268. The van der Waals surface area contributed by atoms with Crippen molar-refractivity contribution in [1.29, 1.82) is 0 Å². The van der Waals surface area contributed by atoms with Crippen molar-refractivity contribution in [3.05, 3.63) is 29.8 Å². The van der Waals surface area contributed by atoms with Crippen molar-refractivity contribution in [3.8, 4) is 0 Å². The molecule has 0 fully saturated rings.